The lowest BCUT2D eigenvalue weighted by molar-refractivity contribution is 0.523. The number of pyridine rings is 1. The molecule has 0 saturated carbocycles. The van der Waals surface area contributed by atoms with Gasteiger partial charge < -0.3 is 5.32 Å². The highest BCUT2D eigenvalue weighted by Crippen LogP contribution is 2.15. The van der Waals surface area contributed by atoms with Crippen LogP contribution in [0.15, 0.2) is 12.3 Å². The van der Waals surface area contributed by atoms with E-state index in [4.69, 9.17) is 0 Å². The smallest absolute Gasteiger partial charge is 0.213 e. The van der Waals surface area contributed by atoms with Crippen LogP contribution in [0.1, 0.15) is 18.5 Å². The van der Waals surface area contributed by atoms with Gasteiger partial charge in [0.1, 0.15) is 5.82 Å². The van der Waals surface area contributed by atoms with E-state index in [0.717, 1.165) is 12.3 Å². The van der Waals surface area contributed by atoms with Gasteiger partial charge in [-0.05, 0) is 14.0 Å². The maximum atomic E-state index is 12.9. The Bertz CT molecular complexity index is 276. The average molecular weight is 172 g/mol. The summed E-state index contributed by atoms with van der Waals surface area (Å²) in [6.07, 6.45) is 0.887. The van der Waals surface area contributed by atoms with Gasteiger partial charge in [0.2, 0.25) is 5.95 Å². The lowest BCUT2D eigenvalue weighted by atomic mass is 10.1. The van der Waals surface area contributed by atoms with Crippen LogP contribution >= 0.6 is 0 Å². The molecule has 1 unspecified atom stereocenters. The van der Waals surface area contributed by atoms with Crippen LogP contribution in [-0.2, 0) is 0 Å². The van der Waals surface area contributed by atoms with E-state index >= 15 is 0 Å². The van der Waals surface area contributed by atoms with Gasteiger partial charge in [0.15, 0.2) is 0 Å². The van der Waals surface area contributed by atoms with Crippen molar-refractivity contribution in [1.82, 2.24) is 10.3 Å². The minimum Gasteiger partial charge on any atom is -0.313 e. The molecule has 0 bridgehead atoms. The summed E-state index contributed by atoms with van der Waals surface area (Å²) in [5.41, 5.74) is 0.296. The first-order valence-corrected chi connectivity index (χ1v) is 3.63. The van der Waals surface area contributed by atoms with Crippen LogP contribution in [0.25, 0.3) is 0 Å². The average Bonchev–Trinajstić information content (AvgIpc) is 2.08. The molecule has 1 aromatic heterocycles. The van der Waals surface area contributed by atoms with Crippen LogP contribution in [0.5, 0.6) is 0 Å². The SMILES string of the molecule is CNC(C)c1cc(F)ncc1F. The molecular formula is C8H10F2N2. The lowest BCUT2D eigenvalue weighted by Crippen LogP contribution is -2.14. The molecule has 4 heteroatoms. The third kappa shape index (κ3) is 1.76. The Balaban J connectivity index is 3.04. The summed E-state index contributed by atoms with van der Waals surface area (Å²) in [6.45, 7) is 1.75. The molecule has 0 aliphatic heterocycles. The Morgan fingerprint density at radius 3 is 2.75 bits per heavy atom. The van der Waals surface area contributed by atoms with Crippen LogP contribution in [0.4, 0.5) is 8.78 Å². The molecule has 0 fully saturated rings. The fourth-order valence-electron chi connectivity index (χ4n) is 0.915. The topological polar surface area (TPSA) is 24.9 Å². The van der Waals surface area contributed by atoms with Crippen molar-refractivity contribution >= 4 is 0 Å². The molecule has 1 rings (SSSR count). The van der Waals surface area contributed by atoms with Gasteiger partial charge in [0, 0.05) is 17.7 Å². The maximum absolute atomic E-state index is 12.9. The number of rotatable bonds is 2. The van der Waals surface area contributed by atoms with Crippen molar-refractivity contribution in [3.8, 4) is 0 Å². The second kappa shape index (κ2) is 3.58. The summed E-state index contributed by atoms with van der Waals surface area (Å²) in [7, 11) is 1.68. The summed E-state index contributed by atoms with van der Waals surface area (Å²) in [6, 6.07) is 0.888. The number of hydrogen-bond donors (Lipinski definition) is 1. The Labute approximate surface area is 69.6 Å². The summed E-state index contributed by atoms with van der Waals surface area (Å²) < 4.78 is 25.5. The molecule has 1 N–H and O–H groups in total. The molecule has 12 heavy (non-hydrogen) atoms. The fourth-order valence-corrected chi connectivity index (χ4v) is 0.915. The quantitative estimate of drug-likeness (QED) is 0.686. The molecule has 0 radical (unpaired) electrons. The number of nitrogens with zero attached hydrogens (tertiary/aromatic N) is 1. The van der Waals surface area contributed by atoms with Gasteiger partial charge in [-0.25, -0.2) is 9.37 Å². The minimum atomic E-state index is -0.659. The number of nitrogens with one attached hydrogen (secondary N) is 1. The van der Waals surface area contributed by atoms with Gasteiger partial charge in [-0.1, -0.05) is 0 Å². The van der Waals surface area contributed by atoms with Crippen molar-refractivity contribution in [1.29, 1.82) is 0 Å². The van der Waals surface area contributed by atoms with Gasteiger partial charge in [-0.2, -0.15) is 4.39 Å². The van der Waals surface area contributed by atoms with Crippen LogP contribution in [0, 0.1) is 11.8 Å². The van der Waals surface area contributed by atoms with Crippen molar-refractivity contribution in [2.75, 3.05) is 7.05 Å². The molecule has 1 atom stereocenters. The highest BCUT2D eigenvalue weighted by Gasteiger charge is 2.10. The zero-order chi connectivity index (χ0) is 9.14. The first-order chi connectivity index (χ1) is 5.65. The summed E-state index contributed by atoms with van der Waals surface area (Å²) >= 11 is 0. The maximum Gasteiger partial charge on any atom is 0.213 e. The molecule has 66 valence electrons. The van der Waals surface area contributed by atoms with Gasteiger partial charge in [0.05, 0.1) is 6.20 Å². The van der Waals surface area contributed by atoms with Gasteiger partial charge in [-0.3, -0.25) is 0 Å². The normalized spacial score (nSPS) is 13.0. The van der Waals surface area contributed by atoms with E-state index in [1.807, 2.05) is 0 Å². The lowest BCUT2D eigenvalue weighted by Gasteiger charge is -2.10. The van der Waals surface area contributed by atoms with Crippen molar-refractivity contribution in [3.05, 3.63) is 29.6 Å². The van der Waals surface area contributed by atoms with Gasteiger partial charge in [0.25, 0.3) is 0 Å². The predicted molar refractivity (Wildman–Crippen MR) is 41.6 cm³/mol. The summed E-state index contributed by atoms with van der Waals surface area (Å²) in [5.74, 6) is -1.15. The molecular weight excluding hydrogens is 162 g/mol. The molecule has 1 aromatic rings. The second-order valence-electron chi connectivity index (χ2n) is 2.54. The van der Waals surface area contributed by atoms with E-state index in [-0.39, 0.29) is 6.04 Å². The van der Waals surface area contributed by atoms with E-state index in [2.05, 4.69) is 10.3 Å². The molecule has 0 amide bonds. The molecule has 0 aromatic carbocycles. The Morgan fingerprint density at radius 1 is 1.50 bits per heavy atom. The molecule has 0 saturated heterocycles. The van der Waals surface area contributed by atoms with Crippen molar-refractivity contribution in [2.24, 2.45) is 0 Å². The zero-order valence-electron chi connectivity index (χ0n) is 6.94. The number of hydrogen-bond acceptors (Lipinski definition) is 2. The van der Waals surface area contributed by atoms with Gasteiger partial charge >= 0.3 is 0 Å². The molecule has 2 nitrogen and oxygen atoms in total. The van der Waals surface area contributed by atoms with Crippen molar-refractivity contribution in [3.63, 3.8) is 0 Å². The first-order valence-electron chi connectivity index (χ1n) is 3.63. The van der Waals surface area contributed by atoms with Crippen LogP contribution in [0.3, 0.4) is 0 Å². The monoisotopic (exact) mass is 172 g/mol. The number of aromatic nitrogens is 1. The minimum absolute atomic E-state index is 0.206. The first kappa shape index (κ1) is 9.06. The van der Waals surface area contributed by atoms with E-state index in [9.17, 15) is 8.78 Å². The highest BCUT2D eigenvalue weighted by molar-refractivity contribution is 5.17. The predicted octanol–water partition coefficient (Wildman–Crippen LogP) is 1.64. The van der Waals surface area contributed by atoms with E-state index in [0.29, 0.717) is 5.56 Å². The van der Waals surface area contributed by atoms with Crippen LogP contribution in [-0.4, -0.2) is 12.0 Å². The molecule has 0 spiro atoms. The van der Waals surface area contributed by atoms with E-state index in [1.54, 1.807) is 14.0 Å². The third-order valence-corrected chi connectivity index (χ3v) is 1.75. The number of halogens is 2. The Kier molecular flexibility index (Phi) is 2.70. The standard InChI is InChI=1S/C8H10F2N2/c1-5(11-2)6-3-8(10)12-4-7(6)9/h3-5,11H,1-2H3. The van der Waals surface area contributed by atoms with Gasteiger partial charge in [-0.15, -0.1) is 0 Å². The fraction of sp³-hybridized carbons (Fsp3) is 0.375. The molecule has 0 aliphatic rings. The third-order valence-electron chi connectivity index (χ3n) is 1.75. The Morgan fingerprint density at radius 2 is 2.17 bits per heavy atom. The van der Waals surface area contributed by atoms with E-state index < -0.39 is 11.8 Å². The van der Waals surface area contributed by atoms with Crippen molar-refractivity contribution < 1.29 is 8.78 Å². The van der Waals surface area contributed by atoms with E-state index in [1.165, 1.54) is 0 Å². The second-order valence-corrected chi connectivity index (χ2v) is 2.54. The zero-order valence-corrected chi connectivity index (χ0v) is 6.94. The highest BCUT2D eigenvalue weighted by atomic mass is 19.1. The van der Waals surface area contributed by atoms with Crippen LogP contribution < -0.4 is 5.32 Å². The summed E-state index contributed by atoms with van der Waals surface area (Å²) in [5, 5.41) is 2.81. The Hall–Kier alpha value is -1.03. The largest absolute Gasteiger partial charge is 0.313 e. The van der Waals surface area contributed by atoms with Crippen LogP contribution in [0.2, 0.25) is 0 Å². The summed E-state index contributed by atoms with van der Waals surface area (Å²) in [4.78, 5) is 3.19. The van der Waals surface area contributed by atoms with Crippen molar-refractivity contribution in [2.45, 2.75) is 13.0 Å². The molecule has 1 heterocycles. The molecule has 0 aliphatic carbocycles.